The third-order valence-corrected chi connectivity index (χ3v) is 5.51. The first-order valence-electron chi connectivity index (χ1n) is 4.98. The van der Waals surface area contributed by atoms with E-state index in [1.54, 1.807) is 0 Å². The van der Waals surface area contributed by atoms with Crippen LogP contribution in [0, 0.1) is 5.82 Å². The Bertz CT molecular complexity index is 518. The van der Waals surface area contributed by atoms with E-state index in [1.807, 2.05) is 0 Å². The second-order valence-electron chi connectivity index (χ2n) is 4.00. The summed E-state index contributed by atoms with van der Waals surface area (Å²) in [6.07, 6.45) is 1.86. The van der Waals surface area contributed by atoms with Gasteiger partial charge < -0.3 is 4.79 Å². The van der Waals surface area contributed by atoms with Gasteiger partial charge >= 0.3 is 0 Å². The van der Waals surface area contributed by atoms with Gasteiger partial charge in [0.15, 0.2) is 9.84 Å². The molecule has 5 heteroatoms. The van der Waals surface area contributed by atoms with Crippen LogP contribution in [0.4, 0.5) is 4.39 Å². The molecule has 2 rings (SSSR count). The Kier molecular flexibility index (Phi) is 2.58. The highest BCUT2D eigenvalue weighted by molar-refractivity contribution is 7.93. The summed E-state index contributed by atoms with van der Waals surface area (Å²) in [4.78, 5) is 10.8. The minimum absolute atomic E-state index is 0.112. The van der Waals surface area contributed by atoms with E-state index in [-0.39, 0.29) is 4.90 Å². The fraction of sp³-hybridized carbons (Fsp3) is 0.364. The molecule has 1 fully saturated rings. The van der Waals surface area contributed by atoms with E-state index in [2.05, 4.69) is 0 Å². The van der Waals surface area contributed by atoms with Crippen molar-refractivity contribution >= 4 is 16.1 Å². The van der Waals surface area contributed by atoms with Crippen LogP contribution in [-0.2, 0) is 14.6 Å². The van der Waals surface area contributed by atoms with E-state index < -0.39 is 20.4 Å². The average molecular weight is 242 g/mol. The van der Waals surface area contributed by atoms with E-state index >= 15 is 0 Å². The van der Waals surface area contributed by atoms with Crippen LogP contribution in [-0.4, -0.2) is 19.5 Å². The molecule has 0 unspecified atom stereocenters. The molecule has 0 radical (unpaired) electrons. The van der Waals surface area contributed by atoms with Crippen LogP contribution in [0.15, 0.2) is 29.2 Å². The Balaban J connectivity index is 2.51. The van der Waals surface area contributed by atoms with E-state index in [0.717, 1.165) is 6.07 Å². The van der Waals surface area contributed by atoms with E-state index in [9.17, 15) is 17.6 Å². The lowest BCUT2D eigenvalue weighted by Gasteiger charge is -2.35. The van der Waals surface area contributed by atoms with Crippen molar-refractivity contribution in [2.45, 2.75) is 28.9 Å². The van der Waals surface area contributed by atoms with E-state index in [0.29, 0.717) is 25.5 Å². The lowest BCUT2D eigenvalue weighted by Crippen LogP contribution is -2.46. The Morgan fingerprint density at radius 1 is 1.31 bits per heavy atom. The van der Waals surface area contributed by atoms with Crippen molar-refractivity contribution in [2.24, 2.45) is 0 Å². The van der Waals surface area contributed by atoms with Gasteiger partial charge in [0, 0.05) is 0 Å². The molecule has 0 heterocycles. The van der Waals surface area contributed by atoms with Gasteiger partial charge in [0.2, 0.25) is 0 Å². The van der Waals surface area contributed by atoms with Crippen molar-refractivity contribution in [2.75, 3.05) is 0 Å². The fourth-order valence-electron chi connectivity index (χ4n) is 1.84. The van der Waals surface area contributed by atoms with Gasteiger partial charge in [-0.2, -0.15) is 0 Å². The van der Waals surface area contributed by atoms with E-state index in [4.69, 9.17) is 0 Å². The molecule has 0 amide bonds. The normalized spacial score (nSPS) is 18.8. The van der Waals surface area contributed by atoms with Gasteiger partial charge in [-0.3, -0.25) is 0 Å². The average Bonchev–Trinajstić information content (AvgIpc) is 2.16. The molecule has 0 spiro atoms. The second-order valence-corrected chi connectivity index (χ2v) is 6.29. The largest absolute Gasteiger partial charge is 0.302 e. The smallest absolute Gasteiger partial charge is 0.190 e. The summed E-state index contributed by atoms with van der Waals surface area (Å²) in [7, 11) is -3.74. The first-order chi connectivity index (χ1) is 7.52. The Labute approximate surface area is 93.2 Å². The molecule has 0 aliphatic heterocycles. The SMILES string of the molecule is O=CC1(S(=O)(=O)c2cccc(F)c2)CCC1. The van der Waals surface area contributed by atoms with Gasteiger partial charge in [-0.15, -0.1) is 0 Å². The molecule has 86 valence electrons. The molecule has 1 aromatic carbocycles. The zero-order chi connectivity index (χ0) is 11.8. The van der Waals surface area contributed by atoms with E-state index in [1.165, 1.54) is 18.2 Å². The number of benzene rings is 1. The van der Waals surface area contributed by atoms with Gasteiger partial charge in [0.25, 0.3) is 0 Å². The summed E-state index contributed by atoms with van der Waals surface area (Å²) in [6.45, 7) is 0. The Hall–Kier alpha value is -1.23. The van der Waals surface area contributed by atoms with Gasteiger partial charge in [0.05, 0.1) is 4.90 Å². The van der Waals surface area contributed by atoms with Crippen molar-refractivity contribution in [1.29, 1.82) is 0 Å². The predicted octanol–water partition coefficient (Wildman–Crippen LogP) is 1.72. The Morgan fingerprint density at radius 2 is 2.00 bits per heavy atom. The standard InChI is InChI=1S/C11H11FO3S/c12-9-3-1-4-10(7-9)16(14,15)11(8-13)5-2-6-11/h1,3-4,7-8H,2,5-6H2. The molecule has 1 aromatic rings. The summed E-state index contributed by atoms with van der Waals surface area (Å²) in [6, 6.07) is 4.79. The maximum Gasteiger partial charge on any atom is 0.190 e. The molecule has 0 atom stereocenters. The molecule has 16 heavy (non-hydrogen) atoms. The number of sulfone groups is 1. The highest BCUT2D eigenvalue weighted by Gasteiger charge is 2.49. The summed E-state index contributed by atoms with van der Waals surface area (Å²) >= 11 is 0. The van der Waals surface area contributed by atoms with Gasteiger partial charge in [-0.1, -0.05) is 6.07 Å². The lowest BCUT2D eigenvalue weighted by molar-refractivity contribution is -0.111. The molecule has 1 aliphatic carbocycles. The van der Waals surface area contributed by atoms with Gasteiger partial charge in [0.1, 0.15) is 16.9 Å². The number of rotatable bonds is 3. The van der Waals surface area contributed by atoms with Crippen LogP contribution >= 0.6 is 0 Å². The van der Waals surface area contributed by atoms with Crippen molar-refractivity contribution in [3.05, 3.63) is 30.1 Å². The number of carbonyl (C=O) groups excluding carboxylic acids is 1. The summed E-state index contributed by atoms with van der Waals surface area (Å²) < 4.78 is 35.9. The molecular formula is C11H11FO3S. The predicted molar refractivity (Wildman–Crippen MR) is 56.2 cm³/mol. The van der Waals surface area contributed by atoms with Crippen LogP contribution in [0.2, 0.25) is 0 Å². The third-order valence-electron chi connectivity index (χ3n) is 3.06. The fourth-order valence-corrected chi connectivity index (χ4v) is 3.79. The molecule has 0 bridgehead atoms. The number of hydrogen-bond acceptors (Lipinski definition) is 3. The van der Waals surface area contributed by atoms with Crippen LogP contribution in [0.25, 0.3) is 0 Å². The molecule has 3 nitrogen and oxygen atoms in total. The molecule has 0 N–H and O–H groups in total. The van der Waals surface area contributed by atoms with Crippen LogP contribution in [0.3, 0.4) is 0 Å². The molecule has 1 saturated carbocycles. The summed E-state index contributed by atoms with van der Waals surface area (Å²) in [5.74, 6) is -0.610. The molecule has 0 aromatic heterocycles. The van der Waals surface area contributed by atoms with Crippen LogP contribution in [0.5, 0.6) is 0 Å². The molecular weight excluding hydrogens is 231 g/mol. The topological polar surface area (TPSA) is 51.2 Å². The minimum Gasteiger partial charge on any atom is -0.302 e. The molecule has 0 saturated heterocycles. The maximum atomic E-state index is 13.0. The van der Waals surface area contributed by atoms with Gasteiger partial charge in [-0.05, 0) is 37.5 Å². The van der Waals surface area contributed by atoms with Crippen molar-refractivity contribution in [1.82, 2.24) is 0 Å². The number of hydrogen-bond donors (Lipinski definition) is 0. The first kappa shape index (κ1) is 11.3. The van der Waals surface area contributed by atoms with Crippen molar-refractivity contribution in [3.63, 3.8) is 0 Å². The van der Waals surface area contributed by atoms with Crippen molar-refractivity contribution < 1.29 is 17.6 Å². The number of carbonyl (C=O) groups is 1. The lowest BCUT2D eigenvalue weighted by atomic mass is 9.86. The number of aldehydes is 1. The van der Waals surface area contributed by atoms with Crippen molar-refractivity contribution in [3.8, 4) is 0 Å². The zero-order valence-corrected chi connectivity index (χ0v) is 9.34. The second kappa shape index (κ2) is 3.66. The van der Waals surface area contributed by atoms with Crippen LogP contribution < -0.4 is 0 Å². The highest BCUT2D eigenvalue weighted by atomic mass is 32.2. The highest BCUT2D eigenvalue weighted by Crippen LogP contribution is 2.41. The summed E-state index contributed by atoms with van der Waals surface area (Å²) in [5.41, 5.74) is 0. The maximum absolute atomic E-state index is 13.0. The first-order valence-corrected chi connectivity index (χ1v) is 6.47. The van der Waals surface area contributed by atoms with Crippen LogP contribution in [0.1, 0.15) is 19.3 Å². The monoisotopic (exact) mass is 242 g/mol. The molecule has 1 aliphatic rings. The zero-order valence-electron chi connectivity index (χ0n) is 8.52. The third kappa shape index (κ3) is 1.46. The number of halogens is 1. The van der Waals surface area contributed by atoms with Gasteiger partial charge in [-0.25, -0.2) is 12.8 Å². The quantitative estimate of drug-likeness (QED) is 0.758. The Morgan fingerprint density at radius 3 is 2.44 bits per heavy atom. The summed E-state index contributed by atoms with van der Waals surface area (Å²) in [5, 5.41) is 0. The minimum atomic E-state index is -3.74.